The summed E-state index contributed by atoms with van der Waals surface area (Å²) in [7, 11) is -3.45. The van der Waals surface area contributed by atoms with E-state index in [9.17, 15) is 8.42 Å². The molecule has 1 unspecified atom stereocenters. The van der Waals surface area contributed by atoms with Crippen LogP contribution in [-0.4, -0.2) is 8.42 Å². The van der Waals surface area contributed by atoms with Crippen molar-refractivity contribution in [1.82, 2.24) is 0 Å². The molecule has 0 saturated carbocycles. The van der Waals surface area contributed by atoms with Gasteiger partial charge >= 0.3 is 0 Å². The molecule has 0 saturated heterocycles. The molecule has 108 valence electrons. The zero-order chi connectivity index (χ0) is 14.9. The van der Waals surface area contributed by atoms with Gasteiger partial charge in [0.2, 0.25) is 0 Å². The van der Waals surface area contributed by atoms with Gasteiger partial charge in [-0.25, -0.2) is 8.42 Å². The maximum absolute atomic E-state index is 13.1. The highest BCUT2D eigenvalue weighted by molar-refractivity contribution is 7.92. The van der Waals surface area contributed by atoms with Gasteiger partial charge in [-0.3, -0.25) is 0 Å². The van der Waals surface area contributed by atoms with Crippen molar-refractivity contribution in [2.75, 3.05) is 0 Å². The Labute approximate surface area is 132 Å². The number of thiophene rings is 2. The molecule has 0 aliphatic heterocycles. The minimum absolute atomic E-state index is 0.368. The van der Waals surface area contributed by atoms with E-state index in [0.29, 0.717) is 4.90 Å². The van der Waals surface area contributed by atoms with Gasteiger partial charge in [0, 0.05) is 9.75 Å². The SMILES string of the molecule is Cc1ccc(C(c2ccsc2)S(=O)(=O)c2ccccc2)s1. The molecule has 3 rings (SSSR count). The van der Waals surface area contributed by atoms with Gasteiger partial charge in [-0.05, 0) is 53.6 Å². The van der Waals surface area contributed by atoms with Crippen molar-refractivity contribution >= 4 is 32.5 Å². The van der Waals surface area contributed by atoms with Crippen LogP contribution in [0.15, 0.2) is 64.2 Å². The third-order valence-corrected chi connectivity index (χ3v) is 7.24. The van der Waals surface area contributed by atoms with Crippen molar-refractivity contribution in [2.24, 2.45) is 0 Å². The van der Waals surface area contributed by atoms with Crippen LogP contribution in [0.1, 0.15) is 20.6 Å². The van der Waals surface area contributed by atoms with Gasteiger partial charge < -0.3 is 0 Å². The van der Waals surface area contributed by atoms with Gasteiger partial charge in [-0.15, -0.1) is 11.3 Å². The van der Waals surface area contributed by atoms with Gasteiger partial charge in [-0.1, -0.05) is 18.2 Å². The molecule has 0 N–H and O–H groups in total. The zero-order valence-corrected chi connectivity index (χ0v) is 13.8. The Kier molecular flexibility index (Phi) is 3.97. The average Bonchev–Trinajstić information content (AvgIpc) is 3.13. The van der Waals surface area contributed by atoms with Crippen molar-refractivity contribution in [3.05, 3.63) is 74.6 Å². The molecule has 0 radical (unpaired) electrons. The van der Waals surface area contributed by atoms with Gasteiger partial charge in [0.15, 0.2) is 9.84 Å². The number of hydrogen-bond donors (Lipinski definition) is 0. The molecule has 0 amide bonds. The predicted octanol–water partition coefficient (Wildman–Crippen LogP) is 4.68. The topological polar surface area (TPSA) is 34.1 Å². The second kappa shape index (κ2) is 5.75. The minimum atomic E-state index is -3.45. The first-order valence-corrected chi connectivity index (χ1v) is 9.77. The van der Waals surface area contributed by atoms with Crippen LogP contribution in [0.25, 0.3) is 0 Å². The fourth-order valence-electron chi connectivity index (χ4n) is 2.26. The van der Waals surface area contributed by atoms with E-state index in [1.807, 2.05) is 41.9 Å². The molecule has 0 aliphatic rings. The first-order valence-electron chi connectivity index (χ1n) is 6.46. The second-order valence-electron chi connectivity index (χ2n) is 4.74. The number of rotatable bonds is 4. The van der Waals surface area contributed by atoms with Crippen LogP contribution in [0.3, 0.4) is 0 Å². The fraction of sp³-hybridized carbons (Fsp3) is 0.125. The van der Waals surface area contributed by atoms with Crippen LogP contribution >= 0.6 is 22.7 Å². The molecule has 0 bridgehead atoms. The lowest BCUT2D eigenvalue weighted by Gasteiger charge is -2.15. The molecule has 5 heteroatoms. The van der Waals surface area contributed by atoms with Gasteiger partial charge in [0.25, 0.3) is 0 Å². The average molecular weight is 334 g/mol. The second-order valence-corrected chi connectivity index (χ2v) is 8.88. The van der Waals surface area contributed by atoms with E-state index in [1.54, 1.807) is 35.6 Å². The Hall–Kier alpha value is -1.43. The third-order valence-electron chi connectivity index (χ3n) is 3.25. The molecule has 0 fully saturated rings. The first kappa shape index (κ1) is 14.5. The number of aryl methyl sites for hydroxylation is 1. The largest absolute Gasteiger partial charge is 0.223 e. The minimum Gasteiger partial charge on any atom is -0.223 e. The van der Waals surface area contributed by atoms with E-state index in [-0.39, 0.29) is 0 Å². The summed E-state index contributed by atoms with van der Waals surface area (Å²) in [6, 6.07) is 14.5. The quantitative estimate of drug-likeness (QED) is 0.694. The molecular weight excluding hydrogens is 320 g/mol. The Bertz CT molecular complexity index is 816. The van der Waals surface area contributed by atoms with Crippen molar-refractivity contribution < 1.29 is 8.42 Å². The van der Waals surface area contributed by atoms with Gasteiger partial charge in [0.1, 0.15) is 5.25 Å². The summed E-state index contributed by atoms with van der Waals surface area (Å²) in [5.41, 5.74) is 0.839. The zero-order valence-electron chi connectivity index (χ0n) is 11.4. The van der Waals surface area contributed by atoms with Gasteiger partial charge in [0.05, 0.1) is 4.90 Å². The number of benzene rings is 1. The highest BCUT2D eigenvalue weighted by Crippen LogP contribution is 2.38. The summed E-state index contributed by atoms with van der Waals surface area (Å²) >= 11 is 3.06. The summed E-state index contributed by atoms with van der Waals surface area (Å²) in [5, 5.41) is 3.22. The maximum Gasteiger partial charge on any atom is 0.190 e. The summed E-state index contributed by atoms with van der Waals surface area (Å²) in [5.74, 6) is 0. The molecule has 0 spiro atoms. The highest BCUT2D eigenvalue weighted by atomic mass is 32.2. The van der Waals surface area contributed by atoms with Crippen molar-refractivity contribution in [3.63, 3.8) is 0 Å². The molecular formula is C16H14O2S3. The van der Waals surface area contributed by atoms with E-state index in [4.69, 9.17) is 0 Å². The van der Waals surface area contributed by atoms with E-state index >= 15 is 0 Å². The van der Waals surface area contributed by atoms with Gasteiger partial charge in [-0.2, -0.15) is 11.3 Å². The fourth-order valence-corrected chi connectivity index (χ4v) is 6.14. The summed E-state index contributed by atoms with van der Waals surface area (Å²) in [4.78, 5) is 2.36. The van der Waals surface area contributed by atoms with Crippen LogP contribution < -0.4 is 0 Å². The molecule has 2 nitrogen and oxygen atoms in total. The van der Waals surface area contributed by atoms with E-state index < -0.39 is 15.1 Å². The predicted molar refractivity (Wildman–Crippen MR) is 88.8 cm³/mol. The highest BCUT2D eigenvalue weighted by Gasteiger charge is 2.32. The normalized spacial score (nSPS) is 13.2. The molecule has 0 aliphatic carbocycles. The Morgan fingerprint density at radius 3 is 2.33 bits per heavy atom. The van der Waals surface area contributed by atoms with E-state index in [2.05, 4.69) is 0 Å². The lowest BCUT2D eigenvalue weighted by molar-refractivity contribution is 0.590. The summed E-state index contributed by atoms with van der Waals surface area (Å²) < 4.78 is 26.1. The lowest BCUT2D eigenvalue weighted by Crippen LogP contribution is -2.13. The number of sulfone groups is 1. The Balaban J connectivity index is 2.17. The Morgan fingerprint density at radius 2 is 1.76 bits per heavy atom. The molecule has 1 atom stereocenters. The monoisotopic (exact) mass is 334 g/mol. The van der Waals surface area contributed by atoms with E-state index in [1.165, 1.54) is 11.3 Å². The maximum atomic E-state index is 13.1. The standard InChI is InChI=1S/C16H14O2S3/c1-12-7-8-15(20-12)16(13-9-10-19-11-13)21(17,18)14-5-3-2-4-6-14/h2-11,16H,1H3. The van der Waals surface area contributed by atoms with Crippen LogP contribution in [0.4, 0.5) is 0 Å². The van der Waals surface area contributed by atoms with Crippen LogP contribution in [-0.2, 0) is 9.84 Å². The summed E-state index contributed by atoms with van der Waals surface area (Å²) in [6.45, 7) is 1.99. The third kappa shape index (κ3) is 2.81. The molecule has 3 aromatic rings. The van der Waals surface area contributed by atoms with Crippen LogP contribution in [0.5, 0.6) is 0 Å². The molecule has 1 aromatic carbocycles. The smallest absolute Gasteiger partial charge is 0.190 e. The van der Waals surface area contributed by atoms with E-state index in [0.717, 1.165) is 15.3 Å². The summed E-state index contributed by atoms with van der Waals surface area (Å²) in [6.07, 6.45) is 0. The van der Waals surface area contributed by atoms with Crippen molar-refractivity contribution in [1.29, 1.82) is 0 Å². The van der Waals surface area contributed by atoms with Crippen molar-refractivity contribution in [3.8, 4) is 0 Å². The first-order chi connectivity index (χ1) is 10.1. The van der Waals surface area contributed by atoms with Crippen LogP contribution in [0.2, 0.25) is 0 Å². The molecule has 21 heavy (non-hydrogen) atoms. The molecule has 2 heterocycles. The number of hydrogen-bond acceptors (Lipinski definition) is 4. The Morgan fingerprint density at radius 1 is 1.00 bits per heavy atom. The lowest BCUT2D eigenvalue weighted by atomic mass is 10.2. The molecule has 2 aromatic heterocycles. The van der Waals surface area contributed by atoms with Crippen LogP contribution in [0, 0.1) is 6.92 Å². The van der Waals surface area contributed by atoms with Crippen molar-refractivity contribution in [2.45, 2.75) is 17.1 Å².